The molecule has 0 spiro atoms. The van der Waals surface area contributed by atoms with Gasteiger partial charge in [-0.1, -0.05) is 37.6 Å². The Morgan fingerprint density at radius 1 is 1.33 bits per heavy atom. The second-order valence-electron chi connectivity index (χ2n) is 7.74. The average molecular weight is 503 g/mol. The van der Waals surface area contributed by atoms with Crippen molar-refractivity contribution in [3.8, 4) is 17.4 Å². The summed E-state index contributed by atoms with van der Waals surface area (Å²) in [6.07, 6.45) is -3.86. The Bertz CT molecular complexity index is 1100. The van der Waals surface area contributed by atoms with Crippen LogP contribution in [0, 0.1) is 5.92 Å². The molecule has 3 rings (SSSR count). The van der Waals surface area contributed by atoms with Gasteiger partial charge in [-0.3, -0.25) is 10.1 Å². The summed E-state index contributed by atoms with van der Waals surface area (Å²) in [4.78, 5) is 17.0. The topological polar surface area (TPSA) is 89.3 Å². The predicted molar refractivity (Wildman–Crippen MR) is 119 cm³/mol. The molecule has 2 aromatic heterocycles. The second-order valence-corrected chi connectivity index (χ2v) is 8.90. The fourth-order valence-corrected chi connectivity index (χ4v) is 3.83. The van der Waals surface area contributed by atoms with E-state index < -0.39 is 24.5 Å². The molecule has 7 nitrogen and oxygen atoms in total. The molecule has 1 aromatic carbocycles. The molecule has 1 atom stereocenters. The van der Waals surface area contributed by atoms with Crippen LogP contribution in [0.5, 0.6) is 17.4 Å². The van der Waals surface area contributed by atoms with Crippen molar-refractivity contribution in [2.45, 2.75) is 45.3 Å². The van der Waals surface area contributed by atoms with Crippen LogP contribution in [-0.2, 0) is 11.2 Å². The Hall–Kier alpha value is -2.79. The van der Waals surface area contributed by atoms with Crippen LogP contribution in [0.25, 0.3) is 0 Å². The third kappa shape index (κ3) is 7.10. The van der Waals surface area contributed by atoms with Gasteiger partial charge in [0.05, 0.1) is 17.6 Å². The molecule has 0 aliphatic carbocycles. The maximum atomic E-state index is 13.0. The fraction of sp³-hybridized carbons (Fsp3) is 0.381. The van der Waals surface area contributed by atoms with Gasteiger partial charge in [-0.05, 0) is 24.5 Å². The number of ether oxygens (including phenoxy) is 1. The van der Waals surface area contributed by atoms with Crippen molar-refractivity contribution in [2.24, 2.45) is 5.92 Å². The quantitative estimate of drug-likeness (QED) is 0.363. The fourth-order valence-electron chi connectivity index (χ4n) is 3.04. The minimum atomic E-state index is -4.31. The number of aryl methyl sites for hydroxylation is 1. The monoisotopic (exact) mass is 502 g/mol. The molecule has 3 aromatic rings. The van der Waals surface area contributed by atoms with E-state index in [1.807, 2.05) is 13.8 Å². The number of nitrogens with zero attached hydrogens (tertiary/aromatic N) is 3. The first-order chi connectivity index (χ1) is 15.5. The lowest BCUT2D eigenvalue weighted by Crippen LogP contribution is -2.26. The minimum absolute atomic E-state index is 0.00673. The number of hydrogen-bond donors (Lipinski definition) is 2. The SMILES string of the molecule is CC(C)C[C@@H](C(=O)Nc1nc(CCC(F)(F)F)ns1)n1cc(Oc2ccccc2Cl)cc1O. The number of hydrogen-bond acceptors (Lipinski definition) is 6. The molecule has 0 fully saturated rings. The van der Waals surface area contributed by atoms with Gasteiger partial charge in [-0.25, -0.2) is 4.98 Å². The lowest BCUT2D eigenvalue weighted by molar-refractivity contribution is -0.134. The van der Waals surface area contributed by atoms with Gasteiger partial charge in [0.25, 0.3) is 0 Å². The van der Waals surface area contributed by atoms with Gasteiger partial charge >= 0.3 is 6.18 Å². The number of aromatic nitrogens is 3. The number of rotatable bonds is 9. The Balaban J connectivity index is 1.76. The third-order valence-electron chi connectivity index (χ3n) is 4.53. The second kappa shape index (κ2) is 10.4. The van der Waals surface area contributed by atoms with E-state index in [1.54, 1.807) is 24.3 Å². The van der Waals surface area contributed by atoms with Crippen molar-refractivity contribution < 1.29 is 27.8 Å². The summed E-state index contributed by atoms with van der Waals surface area (Å²) in [7, 11) is 0. The highest BCUT2D eigenvalue weighted by molar-refractivity contribution is 7.09. The summed E-state index contributed by atoms with van der Waals surface area (Å²) < 4.78 is 48.2. The van der Waals surface area contributed by atoms with E-state index in [9.17, 15) is 23.1 Å². The molecule has 2 N–H and O–H groups in total. The number of carbonyl (C=O) groups excluding carboxylic acids is 1. The molecule has 1 amide bonds. The first-order valence-corrected chi connectivity index (χ1v) is 11.2. The Kier molecular flexibility index (Phi) is 7.85. The maximum absolute atomic E-state index is 13.0. The highest BCUT2D eigenvalue weighted by Gasteiger charge is 2.28. The molecule has 12 heteroatoms. The molecule has 0 saturated heterocycles. The molecule has 0 radical (unpaired) electrons. The van der Waals surface area contributed by atoms with Crippen molar-refractivity contribution in [1.82, 2.24) is 13.9 Å². The van der Waals surface area contributed by atoms with Crippen LogP contribution in [0.4, 0.5) is 18.3 Å². The lowest BCUT2D eigenvalue weighted by atomic mass is 10.0. The number of benzene rings is 1. The molecule has 0 aliphatic rings. The van der Waals surface area contributed by atoms with Gasteiger partial charge in [0.2, 0.25) is 11.0 Å². The number of amides is 1. The number of carbonyl (C=O) groups is 1. The Morgan fingerprint density at radius 2 is 2.06 bits per heavy atom. The number of halogens is 4. The smallest absolute Gasteiger partial charge is 0.389 e. The van der Waals surface area contributed by atoms with E-state index in [0.717, 1.165) is 11.5 Å². The molecular weight excluding hydrogens is 481 g/mol. The van der Waals surface area contributed by atoms with Crippen LogP contribution in [0.1, 0.15) is 38.6 Å². The lowest BCUT2D eigenvalue weighted by Gasteiger charge is -2.20. The summed E-state index contributed by atoms with van der Waals surface area (Å²) in [6, 6.07) is 7.37. The van der Waals surface area contributed by atoms with Gasteiger partial charge < -0.3 is 14.4 Å². The van der Waals surface area contributed by atoms with Gasteiger partial charge in [-0.2, -0.15) is 17.5 Å². The van der Waals surface area contributed by atoms with E-state index in [2.05, 4.69) is 14.7 Å². The molecule has 0 aliphatic heterocycles. The average Bonchev–Trinajstić information content (AvgIpc) is 3.31. The molecular formula is C21H22ClF3N4O3S. The highest BCUT2D eigenvalue weighted by Crippen LogP contribution is 2.35. The number of anilines is 1. The Morgan fingerprint density at radius 3 is 2.73 bits per heavy atom. The summed E-state index contributed by atoms with van der Waals surface area (Å²) in [5.74, 6) is 0.0897. The number of nitrogens with one attached hydrogen (secondary N) is 1. The van der Waals surface area contributed by atoms with E-state index in [0.29, 0.717) is 17.2 Å². The number of aromatic hydroxyl groups is 1. The number of para-hydroxylation sites is 1. The van der Waals surface area contributed by atoms with Crippen LogP contribution in [0.2, 0.25) is 5.02 Å². The Labute approximate surface area is 197 Å². The van der Waals surface area contributed by atoms with Crippen molar-refractivity contribution in [1.29, 1.82) is 0 Å². The molecule has 0 unspecified atom stereocenters. The first-order valence-electron chi connectivity index (χ1n) is 10.0. The van der Waals surface area contributed by atoms with Crippen LogP contribution in [0.3, 0.4) is 0 Å². The highest BCUT2D eigenvalue weighted by atomic mass is 35.5. The van der Waals surface area contributed by atoms with Gasteiger partial charge in [0.15, 0.2) is 5.88 Å². The first kappa shape index (κ1) is 24.8. The molecule has 2 heterocycles. The zero-order chi connectivity index (χ0) is 24.2. The summed E-state index contributed by atoms with van der Waals surface area (Å²) in [6.45, 7) is 3.84. The molecule has 0 bridgehead atoms. The summed E-state index contributed by atoms with van der Waals surface area (Å²) >= 11 is 6.91. The van der Waals surface area contributed by atoms with Crippen LogP contribution < -0.4 is 10.1 Å². The molecule has 33 heavy (non-hydrogen) atoms. The largest absolute Gasteiger partial charge is 0.494 e. The van der Waals surface area contributed by atoms with Crippen molar-refractivity contribution >= 4 is 34.2 Å². The van der Waals surface area contributed by atoms with Gasteiger partial charge in [0, 0.05) is 24.0 Å². The zero-order valence-electron chi connectivity index (χ0n) is 17.8. The van der Waals surface area contributed by atoms with E-state index in [4.69, 9.17) is 16.3 Å². The van der Waals surface area contributed by atoms with Crippen molar-refractivity contribution in [3.63, 3.8) is 0 Å². The summed E-state index contributed by atoms with van der Waals surface area (Å²) in [5, 5.41) is 13.5. The minimum Gasteiger partial charge on any atom is -0.494 e. The number of alkyl halides is 3. The normalized spacial score (nSPS) is 12.7. The standard InChI is InChI=1S/C21H22ClF3N4O3S/c1-12(2)9-15(19(31)27-20-26-17(28-33-20)7-8-21(23,24)25)29-11-13(10-18(29)30)32-16-6-4-3-5-14(16)22/h3-6,10-12,15,30H,7-9H2,1-2H3,(H,26,27,28,31)/t15-/m0/s1. The van der Waals surface area contributed by atoms with Crippen LogP contribution >= 0.6 is 23.1 Å². The zero-order valence-corrected chi connectivity index (χ0v) is 19.3. The van der Waals surface area contributed by atoms with Crippen LogP contribution in [0.15, 0.2) is 36.5 Å². The maximum Gasteiger partial charge on any atom is 0.389 e. The van der Waals surface area contributed by atoms with E-state index >= 15 is 0 Å². The van der Waals surface area contributed by atoms with Gasteiger partial charge in [0.1, 0.15) is 23.4 Å². The summed E-state index contributed by atoms with van der Waals surface area (Å²) in [5.41, 5.74) is 0. The third-order valence-corrected chi connectivity index (χ3v) is 5.51. The van der Waals surface area contributed by atoms with Crippen molar-refractivity contribution in [2.75, 3.05) is 5.32 Å². The van der Waals surface area contributed by atoms with Crippen molar-refractivity contribution in [3.05, 3.63) is 47.4 Å². The molecule has 178 valence electrons. The van der Waals surface area contributed by atoms with Crippen LogP contribution in [-0.4, -0.2) is 31.1 Å². The predicted octanol–water partition coefficient (Wildman–Crippen LogP) is 6.21. The molecule has 0 saturated carbocycles. The van der Waals surface area contributed by atoms with E-state index in [1.165, 1.54) is 16.8 Å². The van der Waals surface area contributed by atoms with E-state index in [-0.39, 0.29) is 34.9 Å². The van der Waals surface area contributed by atoms with Gasteiger partial charge in [-0.15, -0.1) is 0 Å².